The van der Waals surface area contributed by atoms with Gasteiger partial charge in [-0.25, -0.2) is 0 Å². The monoisotopic (exact) mass is 428 g/mol. The molecule has 0 spiro atoms. The molecule has 1 N–H and O–H groups in total. The van der Waals surface area contributed by atoms with Crippen LogP contribution in [0.2, 0.25) is 0 Å². The summed E-state index contributed by atoms with van der Waals surface area (Å²) >= 11 is 1.57. The molecular weight excluding hydrogens is 396 g/mol. The van der Waals surface area contributed by atoms with Crippen molar-refractivity contribution in [3.05, 3.63) is 65.2 Å². The van der Waals surface area contributed by atoms with E-state index < -0.39 is 6.04 Å². The predicted octanol–water partition coefficient (Wildman–Crippen LogP) is 4.18. The third-order valence-corrected chi connectivity index (χ3v) is 5.91. The molecule has 2 aromatic carbocycles. The van der Waals surface area contributed by atoms with Crippen LogP contribution in [-0.4, -0.2) is 42.2 Å². The Hall–Kier alpha value is -2.47. The maximum absolute atomic E-state index is 13.1. The molecule has 0 aliphatic heterocycles. The van der Waals surface area contributed by atoms with Crippen LogP contribution < -0.4 is 10.1 Å². The van der Waals surface area contributed by atoms with Crippen LogP contribution in [0.1, 0.15) is 37.0 Å². The van der Waals surface area contributed by atoms with Gasteiger partial charge in [-0.05, 0) is 49.1 Å². The minimum Gasteiger partial charge on any atom is -0.497 e. The first-order chi connectivity index (χ1) is 14.5. The molecular formula is C24H32N2O3S. The summed E-state index contributed by atoms with van der Waals surface area (Å²) in [6.45, 7) is 6.84. The lowest BCUT2D eigenvalue weighted by Crippen LogP contribution is -2.48. The van der Waals surface area contributed by atoms with Gasteiger partial charge in [0.15, 0.2) is 0 Å². The fourth-order valence-corrected chi connectivity index (χ4v) is 4.04. The Balaban J connectivity index is 2.09. The zero-order valence-corrected chi connectivity index (χ0v) is 19.1. The molecule has 0 heterocycles. The summed E-state index contributed by atoms with van der Waals surface area (Å²) in [4.78, 5) is 27.3. The van der Waals surface area contributed by atoms with Crippen molar-refractivity contribution in [1.29, 1.82) is 0 Å². The summed E-state index contributed by atoms with van der Waals surface area (Å²) in [6.07, 6.45) is 0.856. The highest BCUT2D eigenvalue weighted by molar-refractivity contribution is 7.99. The van der Waals surface area contributed by atoms with E-state index in [0.29, 0.717) is 18.8 Å². The topological polar surface area (TPSA) is 58.6 Å². The van der Waals surface area contributed by atoms with Crippen molar-refractivity contribution in [3.8, 4) is 5.75 Å². The van der Waals surface area contributed by atoms with E-state index in [0.717, 1.165) is 23.5 Å². The normalized spacial score (nSPS) is 11.6. The van der Waals surface area contributed by atoms with Crippen molar-refractivity contribution < 1.29 is 14.3 Å². The Morgan fingerprint density at radius 2 is 1.93 bits per heavy atom. The van der Waals surface area contributed by atoms with Crippen LogP contribution in [0.25, 0.3) is 0 Å². The number of nitrogens with zero attached hydrogens (tertiary/aromatic N) is 1. The number of ether oxygens (including phenoxy) is 1. The van der Waals surface area contributed by atoms with Gasteiger partial charge in [0, 0.05) is 18.8 Å². The second kappa shape index (κ2) is 12.3. The Bertz CT molecular complexity index is 841. The van der Waals surface area contributed by atoms with Gasteiger partial charge in [-0.1, -0.05) is 43.3 Å². The molecule has 0 aliphatic carbocycles. The first-order valence-electron chi connectivity index (χ1n) is 10.3. The molecule has 0 aliphatic rings. The average molecular weight is 429 g/mol. The van der Waals surface area contributed by atoms with E-state index in [1.807, 2.05) is 43.3 Å². The van der Waals surface area contributed by atoms with Gasteiger partial charge in [-0.3, -0.25) is 9.59 Å². The lowest BCUT2D eigenvalue weighted by Gasteiger charge is -2.29. The van der Waals surface area contributed by atoms with Crippen LogP contribution in [0.3, 0.4) is 0 Å². The molecule has 0 unspecified atom stereocenters. The standard InChI is InChI=1S/C24H32N2O3S/c1-5-13-25-24(28)19(3)26(15-20-10-8-12-22(14-20)29-4)23(27)17-30-16-21-11-7-6-9-18(21)2/h6-12,14,19H,5,13,15-17H2,1-4H3,(H,25,28)/t19-/m1/s1. The van der Waals surface area contributed by atoms with Crippen LogP contribution in [-0.2, 0) is 21.9 Å². The van der Waals surface area contributed by atoms with Crippen LogP contribution in [0, 0.1) is 6.92 Å². The predicted molar refractivity (Wildman–Crippen MR) is 124 cm³/mol. The molecule has 0 saturated heterocycles. The van der Waals surface area contributed by atoms with Crippen LogP contribution in [0.4, 0.5) is 0 Å². The minimum absolute atomic E-state index is 0.0458. The Kier molecular flexibility index (Phi) is 9.74. The van der Waals surface area contributed by atoms with Gasteiger partial charge in [0.05, 0.1) is 12.9 Å². The first kappa shape index (κ1) is 23.8. The molecule has 2 amide bonds. The third kappa shape index (κ3) is 7.10. The number of hydrogen-bond donors (Lipinski definition) is 1. The van der Waals surface area contributed by atoms with Crippen molar-refractivity contribution in [2.45, 2.75) is 45.5 Å². The molecule has 2 rings (SSSR count). The number of rotatable bonds is 11. The highest BCUT2D eigenvalue weighted by Crippen LogP contribution is 2.19. The number of aryl methyl sites for hydroxylation is 1. The number of hydrogen-bond acceptors (Lipinski definition) is 4. The molecule has 2 aromatic rings. The second-order valence-corrected chi connectivity index (χ2v) is 8.25. The van der Waals surface area contributed by atoms with Gasteiger partial charge in [0.1, 0.15) is 11.8 Å². The highest BCUT2D eigenvalue weighted by Gasteiger charge is 2.26. The minimum atomic E-state index is -0.547. The van der Waals surface area contributed by atoms with Crippen LogP contribution in [0.15, 0.2) is 48.5 Å². The average Bonchev–Trinajstić information content (AvgIpc) is 2.76. The van der Waals surface area contributed by atoms with Gasteiger partial charge in [-0.15, -0.1) is 11.8 Å². The van der Waals surface area contributed by atoms with E-state index in [-0.39, 0.29) is 11.8 Å². The summed E-state index contributed by atoms with van der Waals surface area (Å²) in [6, 6.07) is 15.2. The smallest absolute Gasteiger partial charge is 0.242 e. The molecule has 0 bridgehead atoms. The van der Waals surface area contributed by atoms with Crippen molar-refractivity contribution in [2.75, 3.05) is 19.4 Å². The van der Waals surface area contributed by atoms with Gasteiger partial charge < -0.3 is 15.0 Å². The van der Waals surface area contributed by atoms with Crippen molar-refractivity contribution in [1.82, 2.24) is 10.2 Å². The number of methoxy groups -OCH3 is 1. The lowest BCUT2D eigenvalue weighted by molar-refractivity contribution is -0.138. The number of thioether (sulfide) groups is 1. The summed E-state index contributed by atoms with van der Waals surface area (Å²) in [5.74, 6) is 1.65. The first-order valence-corrected chi connectivity index (χ1v) is 11.4. The molecule has 0 aromatic heterocycles. The second-order valence-electron chi connectivity index (χ2n) is 7.26. The van der Waals surface area contributed by atoms with Crippen molar-refractivity contribution in [2.24, 2.45) is 0 Å². The fraction of sp³-hybridized carbons (Fsp3) is 0.417. The largest absolute Gasteiger partial charge is 0.497 e. The van der Waals surface area contributed by atoms with E-state index in [2.05, 4.69) is 24.4 Å². The maximum atomic E-state index is 13.1. The number of nitrogens with one attached hydrogen (secondary N) is 1. The molecule has 30 heavy (non-hydrogen) atoms. The number of carbonyl (C=O) groups excluding carboxylic acids is 2. The molecule has 5 nitrogen and oxygen atoms in total. The Morgan fingerprint density at radius 3 is 2.63 bits per heavy atom. The summed E-state index contributed by atoms with van der Waals surface area (Å²) in [7, 11) is 1.62. The Morgan fingerprint density at radius 1 is 1.17 bits per heavy atom. The molecule has 0 saturated carbocycles. The van der Waals surface area contributed by atoms with Crippen LogP contribution in [0.5, 0.6) is 5.75 Å². The van der Waals surface area contributed by atoms with E-state index in [4.69, 9.17) is 4.74 Å². The van der Waals surface area contributed by atoms with Gasteiger partial charge >= 0.3 is 0 Å². The van der Waals surface area contributed by atoms with Crippen molar-refractivity contribution in [3.63, 3.8) is 0 Å². The van der Waals surface area contributed by atoms with Crippen LogP contribution >= 0.6 is 11.8 Å². The Labute approximate surface area is 184 Å². The van der Waals surface area contributed by atoms with Gasteiger partial charge in [-0.2, -0.15) is 0 Å². The maximum Gasteiger partial charge on any atom is 0.242 e. The quantitative estimate of drug-likeness (QED) is 0.583. The molecule has 0 fully saturated rings. The summed E-state index contributed by atoms with van der Waals surface area (Å²) in [5.41, 5.74) is 3.38. The SMILES string of the molecule is CCCNC(=O)[C@@H](C)N(Cc1cccc(OC)c1)C(=O)CSCc1ccccc1C. The van der Waals surface area contributed by atoms with E-state index >= 15 is 0 Å². The zero-order chi connectivity index (χ0) is 21.9. The number of amides is 2. The molecule has 1 atom stereocenters. The van der Waals surface area contributed by atoms with E-state index in [9.17, 15) is 9.59 Å². The zero-order valence-electron chi connectivity index (χ0n) is 18.3. The summed E-state index contributed by atoms with van der Waals surface area (Å²) in [5, 5.41) is 2.90. The number of benzene rings is 2. The molecule has 6 heteroatoms. The molecule has 0 radical (unpaired) electrons. The van der Waals surface area contributed by atoms with Crippen molar-refractivity contribution >= 4 is 23.6 Å². The number of carbonyl (C=O) groups is 2. The summed E-state index contributed by atoms with van der Waals surface area (Å²) < 4.78 is 5.30. The van der Waals surface area contributed by atoms with Gasteiger partial charge in [0.2, 0.25) is 11.8 Å². The molecule has 162 valence electrons. The van der Waals surface area contributed by atoms with Gasteiger partial charge in [0.25, 0.3) is 0 Å². The fourth-order valence-electron chi connectivity index (χ4n) is 3.05. The van der Waals surface area contributed by atoms with E-state index in [1.54, 1.807) is 30.7 Å². The van der Waals surface area contributed by atoms with E-state index in [1.165, 1.54) is 11.1 Å². The third-order valence-electron chi connectivity index (χ3n) is 4.95. The highest BCUT2D eigenvalue weighted by atomic mass is 32.2. The lowest BCUT2D eigenvalue weighted by atomic mass is 10.1.